The summed E-state index contributed by atoms with van der Waals surface area (Å²) < 4.78 is 37.0. The fourth-order valence-corrected chi connectivity index (χ4v) is 2.54. The van der Waals surface area contributed by atoms with E-state index in [1.54, 1.807) is 0 Å². The number of hydrogen-bond acceptors (Lipinski definition) is 2. The molecule has 0 amide bonds. The molecule has 0 aromatic heterocycles. The molecule has 2 N–H and O–H groups in total. The Hall–Kier alpha value is -0.780. The number of nitrogens with one attached hydrogen (secondary N) is 1. The van der Waals surface area contributed by atoms with Crippen LogP contribution in [0.4, 0.5) is 13.2 Å². The Balaban J connectivity index is 1.86. The van der Waals surface area contributed by atoms with Gasteiger partial charge >= 0.3 is 12.1 Å². The van der Waals surface area contributed by atoms with E-state index in [1.165, 1.54) is 0 Å². The van der Waals surface area contributed by atoms with Crippen molar-refractivity contribution in [2.24, 2.45) is 5.41 Å². The lowest BCUT2D eigenvalue weighted by molar-refractivity contribution is -0.339. The number of halogens is 3. The van der Waals surface area contributed by atoms with Crippen LogP contribution in [-0.4, -0.2) is 29.3 Å². The molecule has 0 heterocycles. The van der Waals surface area contributed by atoms with Gasteiger partial charge in [0.05, 0.1) is 12.0 Å². The fourth-order valence-electron chi connectivity index (χ4n) is 2.54. The van der Waals surface area contributed by atoms with Crippen LogP contribution in [0.1, 0.15) is 19.3 Å². The predicted molar refractivity (Wildman–Crippen MR) is 40.7 cm³/mol. The molecule has 3 aliphatic rings. The van der Waals surface area contributed by atoms with E-state index in [2.05, 4.69) is 5.32 Å². The van der Waals surface area contributed by atoms with Crippen LogP contribution in [0.25, 0.3) is 0 Å². The highest BCUT2D eigenvalue weighted by molar-refractivity contribution is 5.69. The third-order valence-corrected chi connectivity index (χ3v) is 3.25. The summed E-state index contributed by atoms with van der Waals surface area (Å²) in [7, 11) is 0. The van der Waals surface area contributed by atoms with Crippen LogP contribution in [0.5, 0.6) is 0 Å². The van der Waals surface area contributed by atoms with Gasteiger partial charge in [0.1, 0.15) is 0 Å². The van der Waals surface area contributed by atoms with Crippen molar-refractivity contribution in [3.05, 3.63) is 0 Å². The lowest BCUT2D eigenvalue weighted by Crippen LogP contribution is -2.78. The molecule has 0 radical (unpaired) electrons. The average Bonchev–Trinajstić information content (AvgIpc) is 1.76. The normalized spacial score (nSPS) is 39.9. The van der Waals surface area contributed by atoms with Crippen LogP contribution in [0.15, 0.2) is 0 Å². The van der Waals surface area contributed by atoms with Crippen LogP contribution in [0.3, 0.4) is 0 Å². The van der Waals surface area contributed by atoms with Gasteiger partial charge in [-0.2, -0.15) is 13.2 Å². The average molecular weight is 209 g/mol. The molecule has 0 aromatic carbocycles. The maximum atomic E-state index is 12.3. The Morgan fingerprint density at radius 3 is 2.21 bits per heavy atom. The smallest absolute Gasteiger partial charge is 0.394 e. The van der Waals surface area contributed by atoms with Crippen LogP contribution in [0, 0.1) is 5.41 Å². The number of carboxylic acid groups (broad SMARTS) is 1. The van der Waals surface area contributed by atoms with Crippen molar-refractivity contribution >= 4 is 5.97 Å². The SMILES string of the molecule is O=C(O)CNC12CC(C(F)(F)F)(C1)C2. The molecule has 3 saturated carbocycles. The van der Waals surface area contributed by atoms with Crippen molar-refractivity contribution in [3.63, 3.8) is 0 Å². The van der Waals surface area contributed by atoms with Crippen molar-refractivity contribution < 1.29 is 23.1 Å². The molecular weight excluding hydrogens is 199 g/mol. The summed E-state index contributed by atoms with van der Waals surface area (Å²) in [6, 6.07) is 0. The zero-order valence-corrected chi connectivity index (χ0v) is 7.32. The summed E-state index contributed by atoms with van der Waals surface area (Å²) in [5.41, 5.74) is -2.04. The van der Waals surface area contributed by atoms with Gasteiger partial charge in [0.25, 0.3) is 0 Å². The Morgan fingerprint density at radius 1 is 1.36 bits per heavy atom. The van der Waals surface area contributed by atoms with Gasteiger partial charge in [0, 0.05) is 5.54 Å². The van der Waals surface area contributed by atoms with Crippen molar-refractivity contribution in [1.29, 1.82) is 0 Å². The van der Waals surface area contributed by atoms with Gasteiger partial charge in [0.15, 0.2) is 0 Å². The van der Waals surface area contributed by atoms with Gasteiger partial charge in [-0.25, -0.2) is 0 Å². The number of carbonyl (C=O) groups is 1. The van der Waals surface area contributed by atoms with Crippen LogP contribution >= 0.6 is 0 Å². The van der Waals surface area contributed by atoms with Gasteiger partial charge in [-0.3, -0.25) is 4.79 Å². The first kappa shape index (κ1) is 9.76. The molecule has 6 heteroatoms. The highest BCUT2D eigenvalue weighted by Gasteiger charge is 2.78. The van der Waals surface area contributed by atoms with E-state index in [1.807, 2.05) is 0 Å². The molecule has 80 valence electrons. The molecule has 0 spiro atoms. The Labute approximate surface area is 78.3 Å². The second-order valence-electron chi connectivity index (χ2n) is 4.34. The summed E-state index contributed by atoms with van der Waals surface area (Å²) in [4.78, 5) is 10.2. The Morgan fingerprint density at radius 2 is 1.86 bits per heavy atom. The molecule has 0 saturated heterocycles. The first-order valence-corrected chi connectivity index (χ1v) is 4.32. The third kappa shape index (κ3) is 1.13. The predicted octanol–water partition coefficient (Wildman–Crippen LogP) is 1.15. The number of aliphatic carboxylic acids is 1. The third-order valence-electron chi connectivity index (χ3n) is 3.25. The number of alkyl halides is 3. The highest BCUT2D eigenvalue weighted by atomic mass is 19.4. The number of hydrogen-bond donors (Lipinski definition) is 2. The highest BCUT2D eigenvalue weighted by Crippen LogP contribution is 2.73. The molecule has 3 rings (SSSR count). The molecule has 0 unspecified atom stereocenters. The standard InChI is InChI=1S/C8H10F3NO2/c9-8(10,11)6-2-7(3-6,4-6)12-1-5(13)14/h12H,1-4H2,(H,13,14). The van der Waals surface area contributed by atoms with E-state index in [9.17, 15) is 18.0 Å². The molecule has 0 atom stereocenters. The molecule has 14 heavy (non-hydrogen) atoms. The number of rotatable bonds is 3. The molecule has 3 nitrogen and oxygen atoms in total. The minimum atomic E-state index is -4.13. The van der Waals surface area contributed by atoms with Gasteiger partial charge in [-0.05, 0) is 19.3 Å². The second kappa shape index (κ2) is 2.42. The molecular formula is C8H10F3NO2. The monoisotopic (exact) mass is 209 g/mol. The fraction of sp³-hybridized carbons (Fsp3) is 0.875. The molecule has 0 aromatic rings. The largest absolute Gasteiger partial charge is 0.480 e. The summed E-state index contributed by atoms with van der Waals surface area (Å²) in [5, 5.41) is 11.0. The Bertz CT molecular complexity index is 267. The zero-order valence-electron chi connectivity index (χ0n) is 7.32. The van der Waals surface area contributed by atoms with Gasteiger partial charge in [0.2, 0.25) is 0 Å². The van der Waals surface area contributed by atoms with E-state index in [-0.39, 0.29) is 25.8 Å². The minimum absolute atomic E-state index is 0.0385. The van der Waals surface area contributed by atoms with Crippen molar-refractivity contribution in [1.82, 2.24) is 5.32 Å². The lowest BCUT2D eigenvalue weighted by atomic mass is 9.39. The summed E-state index contributed by atoms with van der Waals surface area (Å²) in [5.74, 6) is -1.03. The van der Waals surface area contributed by atoms with E-state index in [4.69, 9.17) is 5.11 Å². The van der Waals surface area contributed by atoms with Crippen LogP contribution in [0.2, 0.25) is 0 Å². The number of carboxylic acids is 1. The van der Waals surface area contributed by atoms with E-state index in [0.717, 1.165) is 0 Å². The quantitative estimate of drug-likeness (QED) is 0.732. The molecule has 0 aliphatic heterocycles. The van der Waals surface area contributed by atoms with Crippen LogP contribution < -0.4 is 5.32 Å². The molecule has 2 bridgehead atoms. The van der Waals surface area contributed by atoms with Gasteiger partial charge < -0.3 is 10.4 Å². The Kier molecular flexibility index (Phi) is 1.69. The first-order chi connectivity index (χ1) is 6.29. The van der Waals surface area contributed by atoms with Crippen molar-refractivity contribution in [3.8, 4) is 0 Å². The van der Waals surface area contributed by atoms with Crippen LogP contribution in [-0.2, 0) is 4.79 Å². The summed E-state index contributed by atoms with van der Waals surface area (Å²) in [6.45, 7) is -0.256. The van der Waals surface area contributed by atoms with E-state index in [0.29, 0.717) is 0 Å². The lowest BCUT2D eigenvalue weighted by Gasteiger charge is -2.70. The maximum Gasteiger partial charge on any atom is 0.394 e. The van der Waals surface area contributed by atoms with Crippen molar-refractivity contribution in [2.75, 3.05) is 6.54 Å². The second-order valence-corrected chi connectivity index (χ2v) is 4.34. The van der Waals surface area contributed by atoms with E-state index >= 15 is 0 Å². The maximum absolute atomic E-state index is 12.3. The first-order valence-electron chi connectivity index (χ1n) is 4.32. The van der Waals surface area contributed by atoms with Gasteiger partial charge in [-0.1, -0.05) is 0 Å². The van der Waals surface area contributed by atoms with Crippen molar-refractivity contribution in [2.45, 2.75) is 31.0 Å². The molecule has 3 fully saturated rings. The summed E-state index contributed by atoms with van der Waals surface area (Å²) >= 11 is 0. The van der Waals surface area contributed by atoms with E-state index < -0.39 is 23.1 Å². The minimum Gasteiger partial charge on any atom is -0.480 e. The zero-order chi connectivity index (χ0) is 10.6. The topological polar surface area (TPSA) is 49.3 Å². The van der Waals surface area contributed by atoms with Gasteiger partial charge in [-0.15, -0.1) is 0 Å². The molecule has 3 aliphatic carbocycles. The summed E-state index contributed by atoms with van der Waals surface area (Å²) in [6.07, 6.45) is -4.01.